The summed E-state index contributed by atoms with van der Waals surface area (Å²) in [5, 5.41) is 29.3. The van der Waals surface area contributed by atoms with Crippen LogP contribution in [0.5, 0.6) is 5.75 Å². The first-order chi connectivity index (χ1) is 28.3. The number of carboxylic acids is 1. The summed E-state index contributed by atoms with van der Waals surface area (Å²) in [5.41, 5.74) is -2.43. The van der Waals surface area contributed by atoms with E-state index < -0.39 is 59.2 Å². The summed E-state index contributed by atoms with van der Waals surface area (Å²) in [5.74, 6) is -1.86. The molecule has 3 rings (SSSR count). The first kappa shape index (κ1) is 56.2. The lowest BCUT2D eigenvalue weighted by Crippen LogP contribution is -2.52. The summed E-state index contributed by atoms with van der Waals surface area (Å²) in [6.45, 7) is 14.4. The Labute approximate surface area is 355 Å². The van der Waals surface area contributed by atoms with Crippen LogP contribution in [0.2, 0.25) is 0 Å². The Kier molecular flexibility index (Phi) is 26.8. The first-order valence-corrected chi connectivity index (χ1v) is 21.9. The fraction of sp³-hybridized carbons (Fsp3) is 0.628. The van der Waals surface area contributed by atoms with Crippen LogP contribution in [-0.2, 0) is 21.4 Å². The van der Waals surface area contributed by atoms with Crippen molar-refractivity contribution in [3.8, 4) is 5.75 Å². The summed E-state index contributed by atoms with van der Waals surface area (Å²) in [6, 6.07) is 8.46. The number of carbonyl (C=O) groups excluding carboxylic acids is 2. The molecule has 3 unspecified atom stereocenters. The predicted octanol–water partition coefficient (Wildman–Crippen LogP) is 9.78. The molecule has 3 atom stereocenters. The third kappa shape index (κ3) is 19.3. The van der Waals surface area contributed by atoms with Crippen molar-refractivity contribution in [1.82, 2.24) is 14.8 Å². The van der Waals surface area contributed by atoms with E-state index in [0.29, 0.717) is 50.0 Å². The molecule has 1 aromatic carbocycles. The normalized spacial score (nSPS) is 15.2. The van der Waals surface area contributed by atoms with Gasteiger partial charge < -0.3 is 29.9 Å². The number of halogens is 6. The molecule has 1 fully saturated rings. The van der Waals surface area contributed by atoms with E-state index in [-0.39, 0.29) is 56.6 Å². The molecule has 0 radical (unpaired) electrons. The van der Waals surface area contributed by atoms with E-state index in [2.05, 4.69) is 4.98 Å². The highest BCUT2D eigenvalue weighted by Crippen LogP contribution is 2.39. The van der Waals surface area contributed by atoms with E-state index in [4.69, 9.17) is 14.9 Å². The van der Waals surface area contributed by atoms with Crippen LogP contribution in [0.15, 0.2) is 54.7 Å². The maximum Gasteiger partial charge on any atom is 0.418 e. The number of hydrogen-bond donors (Lipinski definition) is 3. The zero-order valence-corrected chi connectivity index (χ0v) is 36.9. The number of carbonyl (C=O) groups is 3. The van der Waals surface area contributed by atoms with Crippen molar-refractivity contribution in [3.63, 3.8) is 0 Å². The number of amides is 2. The first-order valence-electron chi connectivity index (χ1n) is 20.5. The van der Waals surface area contributed by atoms with Gasteiger partial charge in [-0.15, -0.1) is 0 Å². The molecule has 1 aromatic heterocycles. The van der Waals surface area contributed by atoms with Gasteiger partial charge in [-0.1, -0.05) is 79.2 Å². The Morgan fingerprint density at radius 3 is 2.13 bits per heavy atom. The molecule has 342 valence electrons. The number of nitrogens with zero attached hydrogens (tertiary/aromatic N) is 3. The maximum atomic E-state index is 13.8. The molecule has 0 aliphatic carbocycles. The molecule has 1 saturated heterocycles. The zero-order valence-electron chi connectivity index (χ0n) is 36.1. The number of aromatic nitrogens is 1. The van der Waals surface area contributed by atoms with E-state index in [1.165, 1.54) is 16.7 Å². The third-order valence-electron chi connectivity index (χ3n) is 9.17. The second kappa shape index (κ2) is 28.7. The highest BCUT2D eigenvalue weighted by atomic mass is 32.2. The van der Waals surface area contributed by atoms with E-state index in [1.54, 1.807) is 42.3 Å². The average molecular weight is 882 g/mol. The molecule has 60 heavy (non-hydrogen) atoms. The molecule has 2 amide bonds. The van der Waals surface area contributed by atoms with Gasteiger partial charge in [0.05, 0.1) is 29.8 Å². The van der Waals surface area contributed by atoms with Crippen molar-refractivity contribution in [2.24, 2.45) is 5.92 Å². The van der Waals surface area contributed by atoms with Gasteiger partial charge in [-0.25, -0.2) is 0 Å². The van der Waals surface area contributed by atoms with Gasteiger partial charge in [-0.05, 0) is 63.0 Å². The Morgan fingerprint density at radius 2 is 1.60 bits per heavy atom. The van der Waals surface area contributed by atoms with Crippen molar-refractivity contribution < 1.29 is 60.8 Å². The van der Waals surface area contributed by atoms with Gasteiger partial charge in [0.15, 0.2) is 0 Å². The third-order valence-corrected chi connectivity index (χ3v) is 9.85. The molecule has 1 aliphatic rings. The number of para-hydroxylation sites is 1. The molecule has 10 nitrogen and oxygen atoms in total. The molecule has 2 heterocycles. The number of ether oxygens (including phenoxy) is 1. The van der Waals surface area contributed by atoms with Crippen molar-refractivity contribution in [1.29, 1.82) is 0 Å². The smallest absolute Gasteiger partial charge is 0.418 e. The number of thioether (sulfide) groups is 1. The second-order valence-electron chi connectivity index (χ2n) is 13.5. The van der Waals surface area contributed by atoms with E-state index >= 15 is 0 Å². The number of aliphatic hydroxyl groups is 2. The van der Waals surface area contributed by atoms with E-state index in [9.17, 15) is 45.8 Å². The van der Waals surface area contributed by atoms with Crippen LogP contribution in [-0.4, -0.2) is 104 Å². The van der Waals surface area contributed by atoms with Gasteiger partial charge in [-0.3, -0.25) is 19.4 Å². The van der Waals surface area contributed by atoms with Gasteiger partial charge in [0.1, 0.15) is 11.4 Å². The minimum absolute atomic E-state index is 0.0495. The number of aliphatic carboxylic acids is 1. The van der Waals surface area contributed by atoms with Crippen LogP contribution < -0.4 is 4.74 Å². The van der Waals surface area contributed by atoms with Crippen LogP contribution >= 0.6 is 11.8 Å². The van der Waals surface area contributed by atoms with E-state index in [1.807, 2.05) is 41.5 Å². The largest absolute Gasteiger partial charge is 0.493 e. The number of pyridine rings is 1. The monoisotopic (exact) mass is 881 g/mol. The Hall–Kier alpha value is -3.83. The lowest BCUT2D eigenvalue weighted by molar-refractivity contribution is -0.142. The summed E-state index contributed by atoms with van der Waals surface area (Å²) in [6.07, 6.45) is -3.35. The van der Waals surface area contributed by atoms with Gasteiger partial charge in [0, 0.05) is 55.7 Å². The molecule has 17 heteroatoms. The van der Waals surface area contributed by atoms with Gasteiger partial charge in [0.25, 0.3) is 5.91 Å². The second-order valence-corrected chi connectivity index (χ2v) is 14.4. The Morgan fingerprint density at radius 1 is 0.983 bits per heavy atom. The molecular weight excluding hydrogens is 817 g/mol. The number of likely N-dealkylation sites (tertiary alicyclic amines) is 1. The van der Waals surface area contributed by atoms with Crippen LogP contribution in [0.3, 0.4) is 0 Å². The minimum atomic E-state index is -4.76. The number of aliphatic hydroxyl groups excluding tert-OH is 1. The Balaban J connectivity index is 0.00000199. The van der Waals surface area contributed by atoms with Gasteiger partial charge in [0.2, 0.25) is 5.91 Å². The average Bonchev–Trinajstić information content (AvgIpc) is 3.22. The summed E-state index contributed by atoms with van der Waals surface area (Å²) in [7, 11) is 0. The summed E-state index contributed by atoms with van der Waals surface area (Å²) in [4.78, 5) is 45.0. The molecule has 2 aromatic rings. The number of allylic oxidation sites excluding steroid dienone is 1. The van der Waals surface area contributed by atoms with Crippen molar-refractivity contribution >= 4 is 29.5 Å². The van der Waals surface area contributed by atoms with Crippen LogP contribution in [0.1, 0.15) is 121 Å². The fourth-order valence-electron chi connectivity index (χ4n) is 6.37. The number of piperidine rings is 1. The number of benzene rings is 1. The van der Waals surface area contributed by atoms with Crippen molar-refractivity contribution in [3.05, 3.63) is 71.6 Å². The van der Waals surface area contributed by atoms with Gasteiger partial charge in [-0.2, -0.15) is 38.1 Å². The molecule has 3 N–H and O–H groups in total. The predicted molar refractivity (Wildman–Crippen MR) is 224 cm³/mol. The number of carboxylic acid groups (broad SMARTS) is 1. The molecule has 0 spiro atoms. The maximum absolute atomic E-state index is 13.8. The zero-order chi connectivity index (χ0) is 46.1. The molecule has 0 saturated carbocycles. The fourth-order valence-corrected chi connectivity index (χ4v) is 6.83. The van der Waals surface area contributed by atoms with Crippen molar-refractivity contribution in [2.45, 2.75) is 130 Å². The van der Waals surface area contributed by atoms with Gasteiger partial charge >= 0.3 is 18.3 Å². The lowest BCUT2D eigenvalue weighted by Gasteiger charge is -2.42. The molecule has 0 bridgehead atoms. The number of alkyl halides is 6. The van der Waals surface area contributed by atoms with Crippen LogP contribution in [0.4, 0.5) is 26.3 Å². The highest BCUT2D eigenvalue weighted by molar-refractivity contribution is 7.98. The number of rotatable bonds is 18. The number of hydrogen-bond acceptors (Lipinski definition) is 8. The van der Waals surface area contributed by atoms with Crippen LogP contribution in [0, 0.1) is 5.92 Å². The SMILES string of the molecule is CC.CC.CCCC(C(C)C(=O)N1CCC(O)(c2ccccc2OCCCCC(=O)O)CC1)N(CCC)C(=O)c1ncccc1C(F)(F)F.CSCC(O)/C=C/C(F)(F)F. The molecular formula is C43H65F6N3O7S. The minimum Gasteiger partial charge on any atom is -0.493 e. The summed E-state index contributed by atoms with van der Waals surface area (Å²) >= 11 is 1.29. The topological polar surface area (TPSA) is 140 Å². The summed E-state index contributed by atoms with van der Waals surface area (Å²) < 4.78 is 81.5. The van der Waals surface area contributed by atoms with Crippen LogP contribution in [0.25, 0.3) is 0 Å². The van der Waals surface area contributed by atoms with E-state index in [0.717, 1.165) is 24.4 Å². The van der Waals surface area contributed by atoms with Crippen molar-refractivity contribution in [2.75, 3.05) is 38.2 Å². The Bertz CT molecular complexity index is 1570. The highest BCUT2D eigenvalue weighted by Gasteiger charge is 2.42. The molecule has 1 aliphatic heterocycles. The number of unbranched alkanes of at least 4 members (excludes halogenated alkanes) is 1. The lowest BCUT2D eigenvalue weighted by atomic mass is 9.83. The standard InChI is InChI=1S/C33H44F3N3O6.C6H9F3OS.2C2H6/c1-4-11-26(39(19-5-2)31(43)29-25(33(34,35)36)13-10-18-37-29)23(3)30(42)38-20-16-32(44,17-21-38)24-12-6-7-14-27(24)45-22-9-8-15-28(40)41;1-11-4-5(10)2-3-6(7,8)9;2*1-2/h6-7,10,12-14,18,23,26,44H,4-5,8-9,11,15-17,19-22H2,1-3H3,(H,40,41);2-3,5,10H,4H2,1H3;2*1-2H3/b;3-2+;;. The quantitative estimate of drug-likeness (QED) is 0.0759.